The number of pyridine rings is 1. The number of carbonyl (C=O) groups is 2. The van der Waals surface area contributed by atoms with Gasteiger partial charge in [0.1, 0.15) is 22.4 Å². The van der Waals surface area contributed by atoms with Gasteiger partial charge in [0, 0.05) is 38.4 Å². The van der Waals surface area contributed by atoms with Crippen LogP contribution in [0.3, 0.4) is 0 Å². The van der Waals surface area contributed by atoms with E-state index in [1.165, 1.54) is 6.20 Å². The van der Waals surface area contributed by atoms with Crippen LogP contribution in [0.2, 0.25) is 0 Å². The summed E-state index contributed by atoms with van der Waals surface area (Å²) in [4.78, 5) is 44.0. The van der Waals surface area contributed by atoms with E-state index in [0.29, 0.717) is 49.6 Å². The van der Waals surface area contributed by atoms with E-state index >= 15 is 4.39 Å². The largest absolute Gasteiger partial charge is 0.459 e. The van der Waals surface area contributed by atoms with Gasteiger partial charge in [-0.05, 0) is 76.0 Å². The van der Waals surface area contributed by atoms with Crippen molar-refractivity contribution >= 4 is 44.9 Å². The van der Waals surface area contributed by atoms with Crippen molar-refractivity contribution in [2.45, 2.75) is 51.7 Å². The van der Waals surface area contributed by atoms with Crippen LogP contribution in [0, 0.1) is 5.82 Å². The second kappa shape index (κ2) is 12.4. The monoisotopic (exact) mass is 656 g/mol. The average molecular weight is 657 g/mol. The maximum absolute atomic E-state index is 16.5. The fourth-order valence-corrected chi connectivity index (χ4v) is 7.02. The van der Waals surface area contributed by atoms with Crippen molar-refractivity contribution in [2.75, 3.05) is 56.4 Å². The van der Waals surface area contributed by atoms with Gasteiger partial charge in [0.15, 0.2) is 17.3 Å². The number of ether oxygens (including phenoxy) is 2. The van der Waals surface area contributed by atoms with Crippen LogP contribution in [-0.2, 0) is 9.53 Å². The number of nitrogens with two attached hydrogens (primary N) is 1. The van der Waals surface area contributed by atoms with Crippen LogP contribution in [0.25, 0.3) is 27.4 Å². The Morgan fingerprint density at radius 2 is 1.83 bits per heavy atom. The van der Waals surface area contributed by atoms with Gasteiger partial charge < -0.3 is 40.2 Å². The number of likely N-dealkylation sites (tertiary alicyclic amines) is 1. The molecule has 1 amide bonds. The highest BCUT2D eigenvalue weighted by atomic mass is 19.1. The van der Waals surface area contributed by atoms with Crippen LogP contribution >= 0.6 is 0 Å². The third-order valence-electron chi connectivity index (χ3n) is 9.27. The quantitative estimate of drug-likeness (QED) is 0.165. The molecule has 4 heterocycles. The minimum Gasteiger partial charge on any atom is -0.459 e. The van der Waals surface area contributed by atoms with E-state index in [4.69, 9.17) is 15.2 Å². The Kier molecular flexibility index (Phi) is 8.24. The molecule has 3 aromatic carbocycles. The number of anilines is 2. The van der Waals surface area contributed by atoms with Crippen LogP contribution in [0.5, 0.6) is 11.5 Å². The Balaban J connectivity index is 1.29. The van der Waals surface area contributed by atoms with Crippen molar-refractivity contribution in [1.29, 1.82) is 0 Å². The smallest absolute Gasteiger partial charge is 0.320 e. The molecule has 2 fully saturated rings. The van der Waals surface area contributed by atoms with Crippen molar-refractivity contribution in [1.82, 2.24) is 20.1 Å². The number of nitrogens with one attached hydrogen (secondary N) is 2. The topological polar surface area (TPSA) is 131 Å². The molecule has 3 aliphatic rings. The summed E-state index contributed by atoms with van der Waals surface area (Å²) < 4.78 is 30.2. The number of amides is 1. The summed E-state index contributed by atoms with van der Waals surface area (Å²) in [7, 11) is 0. The zero-order valence-electron chi connectivity index (χ0n) is 27.5. The van der Waals surface area contributed by atoms with Crippen molar-refractivity contribution in [3.8, 4) is 17.2 Å². The zero-order valence-corrected chi connectivity index (χ0v) is 27.5. The zero-order chi connectivity index (χ0) is 33.7. The molecule has 2 saturated heterocycles. The number of aromatic nitrogens is 1. The molecule has 252 valence electrons. The number of halogens is 1. The molecule has 48 heavy (non-hydrogen) atoms. The molecule has 12 heteroatoms. The molecule has 0 spiro atoms. The van der Waals surface area contributed by atoms with Gasteiger partial charge >= 0.3 is 5.97 Å². The second-order valence-corrected chi connectivity index (χ2v) is 13.8. The van der Waals surface area contributed by atoms with Crippen molar-refractivity contribution in [3.63, 3.8) is 0 Å². The number of nitrogens with zero attached hydrogens (tertiary/aromatic N) is 3. The van der Waals surface area contributed by atoms with Gasteiger partial charge in [-0.3, -0.25) is 14.4 Å². The third-order valence-corrected chi connectivity index (χ3v) is 9.27. The van der Waals surface area contributed by atoms with E-state index in [1.54, 1.807) is 4.57 Å². The van der Waals surface area contributed by atoms with E-state index in [9.17, 15) is 14.4 Å². The Bertz CT molecular complexity index is 2000. The maximum atomic E-state index is 16.5. The molecule has 0 aliphatic carbocycles. The molecule has 0 saturated carbocycles. The first-order valence-electron chi connectivity index (χ1n) is 16.6. The molecule has 0 bridgehead atoms. The van der Waals surface area contributed by atoms with E-state index in [2.05, 4.69) is 15.5 Å². The number of fused-ring (bicyclic) bond motifs is 3. The number of benzene rings is 3. The predicted octanol–water partition coefficient (Wildman–Crippen LogP) is 4.31. The van der Waals surface area contributed by atoms with E-state index in [1.807, 2.05) is 62.1 Å². The Hall–Kier alpha value is -4.68. The molecule has 4 aromatic rings. The second-order valence-electron chi connectivity index (χ2n) is 13.8. The SMILES string of the molecule is CC(C)(C)OC(=O)CNC1CCN(c2c(F)c(N)c3c(=O)c(C(=O)NCCN4CCCC4)cn4c3c2Oc2cc3ccccc3cc2-4)C1. The normalized spacial score (nSPS) is 17.5. The molecule has 1 atom stereocenters. The number of rotatable bonds is 8. The summed E-state index contributed by atoms with van der Waals surface area (Å²) in [6.07, 6.45) is 4.42. The maximum Gasteiger partial charge on any atom is 0.320 e. The lowest BCUT2D eigenvalue weighted by Gasteiger charge is -2.30. The highest BCUT2D eigenvalue weighted by molar-refractivity contribution is 6.06. The molecule has 7 rings (SSSR count). The minimum atomic E-state index is -0.787. The molecule has 1 unspecified atom stereocenters. The van der Waals surface area contributed by atoms with Gasteiger partial charge in [-0.15, -0.1) is 0 Å². The standard InChI is InChI=1S/C36H41FN6O5/c1-36(2,3)48-27(44)18-40-23-10-14-42(19-23)32-29(37)30(38)28-31-34(32)47-26-17-22-9-5-4-8-21(22)16-25(26)43(31)20-24(33(28)45)35(46)39-11-15-41-12-6-7-13-41/h4-5,8-9,16-17,20,23,40H,6-7,10-15,18-19,38H2,1-3H3,(H,39,46). The Morgan fingerprint density at radius 3 is 2.56 bits per heavy atom. The van der Waals surface area contributed by atoms with Crippen LogP contribution < -0.4 is 31.4 Å². The summed E-state index contributed by atoms with van der Waals surface area (Å²) >= 11 is 0. The highest BCUT2D eigenvalue weighted by Crippen LogP contribution is 2.50. The molecule has 3 aliphatic heterocycles. The lowest BCUT2D eigenvalue weighted by molar-refractivity contribution is -0.153. The average Bonchev–Trinajstić information content (AvgIpc) is 3.74. The summed E-state index contributed by atoms with van der Waals surface area (Å²) in [5.41, 5.74) is 5.79. The van der Waals surface area contributed by atoms with Crippen LogP contribution in [-0.4, -0.2) is 78.8 Å². The fraction of sp³-hybridized carbons (Fsp3) is 0.417. The number of hydrogen-bond donors (Lipinski definition) is 3. The minimum absolute atomic E-state index is 0.0182. The first kappa shape index (κ1) is 31.9. The Morgan fingerprint density at radius 1 is 1.10 bits per heavy atom. The van der Waals surface area contributed by atoms with Gasteiger partial charge in [-0.2, -0.15) is 0 Å². The third kappa shape index (κ3) is 5.94. The van der Waals surface area contributed by atoms with Gasteiger partial charge in [0.25, 0.3) is 5.91 Å². The predicted molar refractivity (Wildman–Crippen MR) is 184 cm³/mol. The van der Waals surface area contributed by atoms with E-state index < -0.39 is 22.8 Å². The molecule has 4 N–H and O–H groups in total. The summed E-state index contributed by atoms with van der Waals surface area (Å²) in [5, 5.41) is 7.86. The van der Waals surface area contributed by atoms with Crippen LogP contribution in [0.15, 0.2) is 47.4 Å². The number of hydrogen-bond acceptors (Lipinski definition) is 9. The van der Waals surface area contributed by atoms with Crippen molar-refractivity contribution in [2.24, 2.45) is 0 Å². The first-order valence-corrected chi connectivity index (χ1v) is 16.6. The van der Waals surface area contributed by atoms with Gasteiger partial charge in [0.2, 0.25) is 5.43 Å². The van der Waals surface area contributed by atoms with Gasteiger partial charge in [-0.1, -0.05) is 24.3 Å². The number of esters is 1. The number of nitrogen functional groups attached to an aromatic ring is 1. The van der Waals surface area contributed by atoms with E-state index in [-0.39, 0.29) is 46.6 Å². The Labute approximate surface area is 277 Å². The number of carbonyl (C=O) groups excluding carboxylic acids is 2. The van der Waals surface area contributed by atoms with Crippen molar-refractivity contribution in [3.05, 3.63) is 64.2 Å². The molecular weight excluding hydrogens is 615 g/mol. The van der Waals surface area contributed by atoms with Crippen LogP contribution in [0.4, 0.5) is 15.8 Å². The molecular formula is C36H41FN6O5. The molecule has 11 nitrogen and oxygen atoms in total. The summed E-state index contributed by atoms with van der Waals surface area (Å²) in [5.74, 6) is -1.09. The van der Waals surface area contributed by atoms with Gasteiger partial charge in [0.05, 0.1) is 23.3 Å². The van der Waals surface area contributed by atoms with Gasteiger partial charge in [-0.25, -0.2) is 4.39 Å². The first-order chi connectivity index (χ1) is 23.0. The fourth-order valence-electron chi connectivity index (χ4n) is 7.02. The lowest BCUT2D eigenvalue weighted by Crippen LogP contribution is -2.39. The van der Waals surface area contributed by atoms with Crippen molar-refractivity contribution < 1.29 is 23.5 Å². The lowest BCUT2D eigenvalue weighted by atomic mass is 10.0. The molecule has 1 aromatic heterocycles. The summed E-state index contributed by atoms with van der Waals surface area (Å²) in [6.45, 7) is 9.32. The van der Waals surface area contributed by atoms with Crippen LogP contribution in [0.1, 0.15) is 50.4 Å². The summed E-state index contributed by atoms with van der Waals surface area (Å²) in [6, 6.07) is 11.5. The molecule has 0 radical (unpaired) electrons. The highest BCUT2D eigenvalue weighted by Gasteiger charge is 2.36. The van der Waals surface area contributed by atoms with E-state index in [0.717, 1.165) is 36.7 Å².